The maximum absolute atomic E-state index is 3.61. The number of rotatable bonds is 5. The lowest BCUT2D eigenvalue weighted by molar-refractivity contribution is 0.343. The minimum absolute atomic E-state index is 0.939. The normalized spacial score (nSPS) is 17.2. The van der Waals surface area contributed by atoms with Gasteiger partial charge in [0.2, 0.25) is 0 Å². The van der Waals surface area contributed by atoms with Crippen molar-refractivity contribution in [3.63, 3.8) is 0 Å². The SMILES string of the molecule is Brc1ccc(CCNCC2CCCCC2)cc1. The summed E-state index contributed by atoms with van der Waals surface area (Å²) >= 11 is 3.46. The van der Waals surface area contributed by atoms with Gasteiger partial charge in [-0.1, -0.05) is 47.3 Å². The highest BCUT2D eigenvalue weighted by Crippen LogP contribution is 2.22. The molecule has 0 spiro atoms. The number of hydrogen-bond acceptors (Lipinski definition) is 1. The molecule has 0 bridgehead atoms. The topological polar surface area (TPSA) is 12.0 Å². The van der Waals surface area contributed by atoms with Crippen LogP contribution in [-0.2, 0) is 6.42 Å². The van der Waals surface area contributed by atoms with Crippen LogP contribution in [0.3, 0.4) is 0 Å². The van der Waals surface area contributed by atoms with Crippen molar-refractivity contribution in [3.05, 3.63) is 34.3 Å². The highest BCUT2D eigenvalue weighted by molar-refractivity contribution is 9.10. The summed E-state index contributed by atoms with van der Waals surface area (Å²) in [6.07, 6.45) is 8.35. The van der Waals surface area contributed by atoms with Crippen LogP contribution in [0.5, 0.6) is 0 Å². The summed E-state index contributed by atoms with van der Waals surface area (Å²) in [5, 5.41) is 3.61. The van der Waals surface area contributed by atoms with Crippen LogP contribution < -0.4 is 5.32 Å². The summed E-state index contributed by atoms with van der Waals surface area (Å²) < 4.78 is 1.16. The molecule has 0 atom stereocenters. The van der Waals surface area contributed by atoms with Gasteiger partial charge in [0.25, 0.3) is 0 Å². The van der Waals surface area contributed by atoms with Crippen molar-refractivity contribution in [2.24, 2.45) is 5.92 Å². The second kappa shape index (κ2) is 7.17. The van der Waals surface area contributed by atoms with Crippen LogP contribution in [0.15, 0.2) is 28.7 Å². The average molecular weight is 296 g/mol. The third kappa shape index (κ3) is 4.81. The third-order valence-corrected chi connectivity index (χ3v) is 4.19. The highest BCUT2D eigenvalue weighted by Gasteiger charge is 2.12. The van der Waals surface area contributed by atoms with E-state index < -0.39 is 0 Å². The van der Waals surface area contributed by atoms with Crippen molar-refractivity contribution >= 4 is 15.9 Å². The van der Waals surface area contributed by atoms with E-state index in [2.05, 4.69) is 45.5 Å². The summed E-state index contributed by atoms with van der Waals surface area (Å²) in [5.41, 5.74) is 1.42. The summed E-state index contributed by atoms with van der Waals surface area (Å²) in [6.45, 7) is 2.33. The van der Waals surface area contributed by atoms with E-state index in [0.717, 1.165) is 23.4 Å². The van der Waals surface area contributed by atoms with Gasteiger partial charge < -0.3 is 5.32 Å². The van der Waals surface area contributed by atoms with E-state index in [0.29, 0.717) is 0 Å². The van der Waals surface area contributed by atoms with Crippen LogP contribution in [0.4, 0.5) is 0 Å². The minimum atomic E-state index is 0.939. The molecule has 1 aromatic carbocycles. The Morgan fingerprint density at radius 2 is 1.76 bits per heavy atom. The highest BCUT2D eigenvalue weighted by atomic mass is 79.9. The first-order chi connectivity index (χ1) is 8.34. The molecule has 1 N–H and O–H groups in total. The average Bonchev–Trinajstić information content (AvgIpc) is 2.38. The Labute approximate surface area is 113 Å². The smallest absolute Gasteiger partial charge is 0.0175 e. The van der Waals surface area contributed by atoms with Crippen molar-refractivity contribution in [1.29, 1.82) is 0 Å². The first kappa shape index (κ1) is 13.1. The van der Waals surface area contributed by atoms with Crippen LogP contribution >= 0.6 is 15.9 Å². The molecule has 0 unspecified atom stereocenters. The van der Waals surface area contributed by atoms with Gasteiger partial charge in [-0.2, -0.15) is 0 Å². The monoisotopic (exact) mass is 295 g/mol. The molecule has 94 valence electrons. The molecule has 0 heterocycles. The van der Waals surface area contributed by atoms with Crippen LogP contribution in [0.25, 0.3) is 0 Å². The van der Waals surface area contributed by atoms with E-state index in [4.69, 9.17) is 0 Å². The van der Waals surface area contributed by atoms with E-state index in [9.17, 15) is 0 Å². The number of halogens is 1. The minimum Gasteiger partial charge on any atom is -0.316 e. The fraction of sp³-hybridized carbons (Fsp3) is 0.600. The Bertz CT molecular complexity index is 314. The quantitative estimate of drug-likeness (QED) is 0.804. The Morgan fingerprint density at radius 1 is 1.06 bits per heavy atom. The molecule has 2 rings (SSSR count). The van der Waals surface area contributed by atoms with Gasteiger partial charge in [0, 0.05) is 4.47 Å². The lowest BCUT2D eigenvalue weighted by Crippen LogP contribution is -2.26. The zero-order valence-corrected chi connectivity index (χ0v) is 12.0. The van der Waals surface area contributed by atoms with Gasteiger partial charge in [-0.05, 0) is 56.0 Å². The van der Waals surface area contributed by atoms with Crippen LogP contribution in [0.2, 0.25) is 0 Å². The number of hydrogen-bond donors (Lipinski definition) is 1. The van der Waals surface area contributed by atoms with Crippen LogP contribution in [-0.4, -0.2) is 13.1 Å². The molecule has 1 nitrogen and oxygen atoms in total. The van der Waals surface area contributed by atoms with Crippen molar-refractivity contribution in [3.8, 4) is 0 Å². The molecule has 0 aliphatic heterocycles. The van der Waals surface area contributed by atoms with Crippen molar-refractivity contribution < 1.29 is 0 Å². The number of benzene rings is 1. The molecule has 1 fully saturated rings. The third-order valence-electron chi connectivity index (χ3n) is 3.66. The zero-order chi connectivity index (χ0) is 11.9. The predicted octanol–water partition coefficient (Wildman–Crippen LogP) is 4.16. The van der Waals surface area contributed by atoms with E-state index in [1.807, 2.05) is 0 Å². The number of nitrogens with one attached hydrogen (secondary N) is 1. The molecule has 0 aromatic heterocycles. The molecule has 1 aliphatic rings. The molecule has 0 radical (unpaired) electrons. The molecular weight excluding hydrogens is 274 g/mol. The molecule has 0 amide bonds. The summed E-state index contributed by atoms with van der Waals surface area (Å²) in [6, 6.07) is 8.64. The second-order valence-electron chi connectivity index (χ2n) is 5.08. The Balaban J connectivity index is 1.60. The summed E-state index contributed by atoms with van der Waals surface area (Å²) in [5.74, 6) is 0.939. The van der Waals surface area contributed by atoms with E-state index in [1.54, 1.807) is 0 Å². The largest absolute Gasteiger partial charge is 0.316 e. The van der Waals surface area contributed by atoms with Crippen molar-refractivity contribution in [2.45, 2.75) is 38.5 Å². The first-order valence-electron chi connectivity index (χ1n) is 6.80. The standard InChI is InChI=1S/C15H22BrN/c16-15-8-6-13(7-9-15)10-11-17-12-14-4-2-1-3-5-14/h6-9,14,17H,1-5,10-12H2. The van der Waals surface area contributed by atoms with Gasteiger partial charge in [-0.25, -0.2) is 0 Å². The lowest BCUT2D eigenvalue weighted by Gasteiger charge is -2.21. The Kier molecular flexibility index (Phi) is 5.53. The molecule has 1 saturated carbocycles. The van der Waals surface area contributed by atoms with Crippen molar-refractivity contribution in [1.82, 2.24) is 5.32 Å². The van der Waals surface area contributed by atoms with Gasteiger partial charge in [-0.15, -0.1) is 0 Å². The van der Waals surface area contributed by atoms with E-state index >= 15 is 0 Å². The molecule has 17 heavy (non-hydrogen) atoms. The van der Waals surface area contributed by atoms with Crippen LogP contribution in [0, 0.1) is 5.92 Å². The second-order valence-corrected chi connectivity index (χ2v) is 6.00. The maximum atomic E-state index is 3.61. The molecular formula is C15H22BrN. The molecule has 2 heteroatoms. The fourth-order valence-corrected chi connectivity index (χ4v) is 2.85. The van der Waals surface area contributed by atoms with E-state index in [-0.39, 0.29) is 0 Å². The summed E-state index contributed by atoms with van der Waals surface area (Å²) in [7, 11) is 0. The molecule has 1 aromatic rings. The zero-order valence-electron chi connectivity index (χ0n) is 10.4. The Morgan fingerprint density at radius 3 is 2.47 bits per heavy atom. The predicted molar refractivity (Wildman–Crippen MR) is 77.3 cm³/mol. The van der Waals surface area contributed by atoms with Gasteiger partial charge in [0.1, 0.15) is 0 Å². The van der Waals surface area contributed by atoms with Gasteiger partial charge in [-0.3, -0.25) is 0 Å². The van der Waals surface area contributed by atoms with Gasteiger partial charge in [0.15, 0.2) is 0 Å². The maximum Gasteiger partial charge on any atom is 0.0175 e. The fourth-order valence-electron chi connectivity index (χ4n) is 2.58. The Hall–Kier alpha value is -0.340. The molecule has 0 saturated heterocycles. The lowest BCUT2D eigenvalue weighted by atomic mass is 9.89. The summed E-state index contributed by atoms with van der Waals surface area (Å²) in [4.78, 5) is 0. The van der Waals surface area contributed by atoms with Crippen molar-refractivity contribution in [2.75, 3.05) is 13.1 Å². The van der Waals surface area contributed by atoms with Crippen LogP contribution in [0.1, 0.15) is 37.7 Å². The molecule has 1 aliphatic carbocycles. The first-order valence-corrected chi connectivity index (χ1v) is 7.59. The van der Waals surface area contributed by atoms with Gasteiger partial charge >= 0.3 is 0 Å². The van der Waals surface area contributed by atoms with E-state index in [1.165, 1.54) is 44.2 Å². The van der Waals surface area contributed by atoms with Gasteiger partial charge in [0.05, 0.1) is 0 Å².